The van der Waals surface area contributed by atoms with Crippen molar-refractivity contribution in [3.8, 4) is 0 Å². The Labute approximate surface area is 116 Å². The predicted molar refractivity (Wildman–Crippen MR) is 75.7 cm³/mol. The monoisotopic (exact) mass is 268 g/mol. The summed E-state index contributed by atoms with van der Waals surface area (Å²) in [6.07, 6.45) is 5.40. The summed E-state index contributed by atoms with van der Waals surface area (Å²) in [4.78, 5) is 12.3. The van der Waals surface area contributed by atoms with E-state index in [-0.39, 0.29) is 35.4 Å². The van der Waals surface area contributed by atoms with Crippen molar-refractivity contribution in [2.75, 3.05) is 6.61 Å². The molecular weight excluding hydrogens is 240 g/mol. The van der Waals surface area contributed by atoms with E-state index in [1.807, 2.05) is 6.92 Å². The molecule has 2 fully saturated rings. The number of rotatable bonds is 4. The van der Waals surface area contributed by atoms with Gasteiger partial charge in [-0.3, -0.25) is 4.79 Å². The van der Waals surface area contributed by atoms with E-state index in [2.05, 4.69) is 19.2 Å². The van der Waals surface area contributed by atoms with Gasteiger partial charge in [0.15, 0.2) is 0 Å². The van der Waals surface area contributed by atoms with Crippen LogP contribution < -0.4 is 11.1 Å². The molecule has 0 aromatic rings. The van der Waals surface area contributed by atoms with Crippen molar-refractivity contribution in [2.45, 2.75) is 71.1 Å². The minimum atomic E-state index is 0.00990. The van der Waals surface area contributed by atoms with Gasteiger partial charge in [0, 0.05) is 24.1 Å². The first-order chi connectivity index (χ1) is 8.96. The highest BCUT2D eigenvalue weighted by molar-refractivity contribution is 5.80. The zero-order valence-electron chi connectivity index (χ0n) is 12.4. The second-order valence-corrected chi connectivity index (χ2v) is 6.62. The molecule has 0 heterocycles. The van der Waals surface area contributed by atoms with Crippen molar-refractivity contribution in [2.24, 2.45) is 17.1 Å². The Morgan fingerprint density at radius 2 is 2.05 bits per heavy atom. The van der Waals surface area contributed by atoms with Gasteiger partial charge < -0.3 is 15.8 Å². The van der Waals surface area contributed by atoms with Gasteiger partial charge in [-0.05, 0) is 26.2 Å². The largest absolute Gasteiger partial charge is 0.378 e. The van der Waals surface area contributed by atoms with Crippen molar-refractivity contribution in [3.05, 3.63) is 0 Å². The van der Waals surface area contributed by atoms with Crippen LogP contribution in [0.4, 0.5) is 0 Å². The van der Waals surface area contributed by atoms with Crippen molar-refractivity contribution < 1.29 is 9.53 Å². The molecule has 2 rings (SSSR count). The number of hydrogen-bond donors (Lipinski definition) is 2. The molecule has 2 saturated carbocycles. The molecule has 0 aromatic carbocycles. The first kappa shape index (κ1) is 14.8. The standard InChI is InChI=1S/C15H28N2O2/c1-4-19-13-9-12(15(13,2)3)17-14(18)10-7-5-6-8-11(10)16/h10-13H,4-9,16H2,1-3H3,(H,17,18). The first-order valence-corrected chi connectivity index (χ1v) is 7.64. The second kappa shape index (κ2) is 5.80. The lowest BCUT2D eigenvalue weighted by Gasteiger charge is -2.52. The highest BCUT2D eigenvalue weighted by atomic mass is 16.5. The molecule has 2 aliphatic rings. The van der Waals surface area contributed by atoms with Crippen LogP contribution in [-0.4, -0.2) is 30.7 Å². The molecule has 1 amide bonds. The molecule has 4 atom stereocenters. The van der Waals surface area contributed by atoms with E-state index in [1.54, 1.807) is 0 Å². The van der Waals surface area contributed by atoms with Gasteiger partial charge in [-0.2, -0.15) is 0 Å². The van der Waals surface area contributed by atoms with Crippen LogP contribution in [0.3, 0.4) is 0 Å². The van der Waals surface area contributed by atoms with Gasteiger partial charge in [-0.1, -0.05) is 26.7 Å². The molecule has 0 aliphatic heterocycles. The molecule has 2 aliphatic carbocycles. The van der Waals surface area contributed by atoms with E-state index in [1.165, 1.54) is 0 Å². The smallest absolute Gasteiger partial charge is 0.224 e. The quantitative estimate of drug-likeness (QED) is 0.817. The van der Waals surface area contributed by atoms with Gasteiger partial charge >= 0.3 is 0 Å². The molecular formula is C15H28N2O2. The predicted octanol–water partition coefficient (Wildman–Crippen LogP) is 1.82. The van der Waals surface area contributed by atoms with Crippen LogP contribution in [-0.2, 0) is 9.53 Å². The average Bonchev–Trinajstić information content (AvgIpc) is 2.38. The van der Waals surface area contributed by atoms with Gasteiger partial charge in [-0.15, -0.1) is 0 Å². The summed E-state index contributed by atoms with van der Waals surface area (Å²) < 4.78 is 5.70. The minimum absolute atomic E-state index is 0.00990. The lowest BCUT2D eigenvalue weighted by molar-refractivity contribution is -0.140. The summed E-state index contributed by atoms with van der Waals surface area (Å²) in [7, 11) is 0. The van der Waals surface area contributed by atoms with Crippen LogP contribution in [0, 0.1) is 11.3 Å². The number of carbonyl (C=O) groups is 1. The van der Waals surface area contributed by atoms with Crippen LogP contribution >= 0.6 is 0 Å². The average molecular weight is 268 g/mol. The second-order valence-electron chi connectivity index (χ2n) is 6.62. The maximum atomic E-state index is 12.3. The Morgan fingerprint density at radius 1 is 1.37 bits per heavy atom. The highest BCUT2D eigenvalue weighted by Gasteiger charge is 2.50. The third kappa shape index (κ3) is 2.95. The van der Waals surface area contributed by atoms with Gasteiger partial charge in [0.2, 0.25) is 5.91 Å². The Bertz CT molecular complexity index is 330. The Kier molecular flexibility index (Phi) is 4.51. The number of ether oxygens (including phenoxy) is 1. The molecule has 19 heavy (non-hydrogen) atoms. The van der Waals surface area contributed by atoms with Crippen molar-refractivity contribution >= 4 is 5.91 Å². The summed E-state index contributed by atoms with van der Waals surface area (Å²) in [6, 6.07) is 0.269. The van der Waals surface area contributed by atoms with E-state index in [9.17, 15) is 4.79 Å². The third-order valence-corrected chi connectivity index (χ3v) is 5.02. The van der Waals surface area contributed by atoms with Crippen molar-refractivity contribution in [1.29, 1.82) is 0 Å². The highest BCUT2D eigenvalue weighted by Crippen LogP contribution is 2.43. The fourth-order valence-corrected chi connectivity index (χ4v) is 3.38. The van der Waals surface area contributed by atoms with Crippen molar-refractivity contribution in [3.63, 3.8) is 0 Å². The number of nitrogens with two attached hydrogens (primary N) is 1. The topological polar surface area (TPSA) is 64.3 Å². The van der Waals surface area contributed by atoms with Crippen LogP contribution in [0.15, 0.2) is 0 Å². The zero-order chi connectivity index (χ0) is 14.0. The molecule has 3 N–H and O–H groups in total. The molecule has 0 bridgehead atoms. The maximum Gasteiger partial charge on any atom is 0.224 e. The van der Waals surface area contributed by atoms with E-state index < -0.39 is 0 Å². The van der Waals surface area contributed by atoms with Gasteiger partial charge in [-0.25, -0.2) is 0 Å². The summed E-state index contributed by atoms with van der Waals surface area (Å²) in [5.74, 6) is 0.163. The van der Waals surface area contributed by atoms with E-state index in [4.69, 9.17) is 10.5 Å². The van der Waals surface area contributed by atoms with Gasteiger partial charge in [0.1, 0.15) is 0 Å². The minimum Gasteiger partial charge on any atom is -0.378 e. The molecule has 0 aromatic heterocycles. The van der Waals surface area contributed by atoms with E-state index in [0.29, 0.717) is 0 Å². The van der Waals surface area contributed by atoms with E-state index in [0.717, 1.165) is 38.7 Å². The first-order valence-electron chi connectivity index (χ1n) is 7.64. The normalized spacial score (nSPS) is 37.5. The summed E-state index contributed by atoms with van der Waals surface area (Å²) in [5.41, 5.74) is 6.10. The maximum absolute atomic E-state index is 12.3. The Morgan fingerprint density at radius 3 is 2.63 bits per heavy atom. The Balaban J connectivity index is 1.86. The number of nitrogens with one attached hydrogen (secondary N) is 1. The zero-order valence-corrected chi connectivity index (χ0v) is 12.4. The van der Waals surface area contributed by atoms with Crippen LogP contribution in [0.2, 0.25) is 0 Å². The van der Waals surface area contributed by atoms with Gasteiger partial charge in [0.05, 0.1) is 12.0 Å². The molecule has 0 saturated heterocycles. The number of amides is 1. The van der Waals surface area contributed by atoms with Crippen LogP contribution in [0.25, 0.3) is 0 Å². The SMILES string of the molecule is CCOC1CC(NC(=O)C2CCCCC2N)C1(C)C. The van der Waals surface area contributed by atoms with Crippen molar-refractivity contribution in [1.82, 2.24) is 5.32 Å². The molecule has 0 radical (unpaired) electrons. The third-order valence-electron chi connectivity index (χ3n) is 5.02. The van der Waals surface area contributed by atoms with Crippen LogP contribution in [0.5, 0.6) is 0 Å². The number of carbonyl (C=O) groups excluding carboxylic acids is 1. The molecule has 4 unspecified atom stereocenters. The fraction of sp³-hybridized carbons (Fsp3) is 0.933. The molecule has 0 spiro atoms. The lowest BCUT2D eigenvalue weighted by atomic mass is 9.64. The van der Waals surface area contributed by atoms with E-state index >= 15 is 0 Å². The molecule has 110 valence electrons. The molecule has 4 nitrogen and oxygen atoms in total. The number of hydrogen-bond acceptors (Lipinski definition) is 3. The fourth-order valence-electron chi connectivity index (χ4n) is 3.38. The van der Waals surface area contributed by atoms with Gasteiger partial charge in [0.25, 0.3) is 0 Å². The molecule has 4 heteroatoms. The van der Waals surface area contributed by atoms with Crippen LogP contribution in [0.1, 0.15) is 52.9 Å². The lowest BCUT2D eigenvalue weighted by Crippen LogP contribution is -2.63. The Hall–Kier alpha value is -0.610. The summed E-state index contributed by atoms with van der Waals surface area (Å²) in [5, 5.41) is 3.20. The summed E-state index contributed by atoms with van der Waals surface area (Å²) >= 11 is 0. The summed E-state index contributed by atoms with van der Waals surface area (Å²) in [6.45, 7) is 7.09.